The van der Waals surface area contributed by atoms with Gasteiger partial charge in [0.15, 0.2) is 5.82 Å². The first-order valence-corrected chi connectivity index (χ1v) is 15.7. The Kier molecular flexibility index (Phi) is 5.12. The zero-order chi connectivity index (χ0) is 29.5. The molecule has 5 heteroatoms. The van der Waals surface area contributed by atoms with Crippen LogP contribution < -0.4 is 0 Å². The molecule has 0 spiro atoms. The summed E-state index contributed by atoms with van der Waals surface area (Å²) in [5.41, 5.74) is 8.01. The van der Waals surface area contributed by atoms with E-state index in [1.54, 1.807) is 0 Å². The van der Waals surface area contributed by atoms with Gasteiger partial charge in [0.05, 0.1) is 11.4 Å². The molecular weight excluding hydrogens is 573 g/mol. The minimum Gasteiger partial charge on any atom is -0.456 e. The molecule has 0 amide bonds. The zero-order valence-corrected chi connectivity index (χ0v) is 24.6. The maximum Gasteiger partial charge on any atom is 0.160 e. The summed E-state index contributed by atoms with van der Waals surface area (Å²) in [7, 11) is 0. The van der Waals surface area contributed by atoms with Crippen molar-refractivity contribution >= 4 is 75.4 Å². The molecule has 0 saturated carbocycles. The lowest BCUT2D eigenvalue weighted by molar-refractivity contribution is 0.668. The van der Waals surface area contributed by atoms with E-state index >= 15 is 0 Å². The molecule has 0 N–H and O–H groups in total. The van der Waals surface area contributed by atoms with Crippen LogP contribution in [0.1, 0.15) is 0 Å². The van der Waals surface area contributed by atoms with Gasteiger partial charge in [0.2, 0.25) is 0 Å². The summed E-state index contributed by atoms with van der Waals surface area (Å²) in [6.07, 6.45) is 0. The van der Waals surface area contributed by atoms with E-state index in [0.29, 0.717) is 5.82 Å². The molecule has 10 rings (SSSR count). The fourth-order valence-electron chi connectivity index (χ4n) is 6.51. The van der Waals surface area contributed by atoms with Crippen LogP contribution in [0.4, 0.5) is 0 Å². The second-order valence-electron chi connectivity index (χ2n) is 11.4. The lowest BCUT2D eigenvalue weighted by atomic mass is 10.0. The van der Waals surface area contributed by atoms with Crippen molar-refractivity contribution in [2.24, 2.45) is 0 Å². The van der Waals surface area contributed by atoms with Gasteiger partial charge < -0.3 is 8.83 Å². The molecule has 0 radical (unpaired) electrons. The van der Waals surface area contributed by atoms with E-state index in [1.165, 1.54) is 20.2 Å². The number of benzene rings is 6. The minimum atomic E-state index is 0.675. The Morgan fingerprint density at radius 1 is 0.378 bits per heavy atom. The standard InChI is InChI=1S/C40H22N2O2S/c1-4-10-34-26(7-1)28-16-13-23(20-36(28)43-34)32-22-33(24-14-17-29-27-8-2-5-11-35(27)44-37(29)21-24)42-40(41-32)25-15-18-39-31(19-25)30-9-3-6-12-38(30)45-39/h1-22H. The summed E-state index contributed by atoms with van der Waals surface area (Å²) in [6, 6.07) is 46.1. The van der Waals surface area contributed by atoms with Gasteiger partial charge in [-0.3, -0.25) is 0 Å². The van der Waals surface area contributed by atoms with Gasteiger partial charge in [-0.2, -0.15) is 0 Å². The SMILES string of the molecule is c1ccc2c(c1)oc1cc(-c3cc(-c4ccc5c(c4)oc4ccccc45)nc(-c4ccc5sc6ccccc6c5c4)n3)ccc12. The van der Waals surface area contributed by atoms with Crippen molar-refractivity contribution in [3.63, 3.8) is 0 Å². The molecule has 45 heavy (non-hydrogen) atoms. The monoisotopic (exact) mass is 594 g/mol. The third kappa shape index (κ3) is 3.84. The highest BCUT2D eigenvalue weighted by Crippen LogP contribution is 2.38. The molecule has 0 aliphatic rings. The van der Waals surface area contributed by atoms with E-state index < -0.39 is 0 Å². The van der Waals surface area contributed by atoms with E-state index in [-0.39, 0.29) is 0 Å². The first-order valence-electron chi connectivity index (χ1n) is 14.9. The van der Waals surface area contributed by atoms with Crippen LogP contribution in [0.2, 0.25) is 0 Å². The predicted octanol–water partition coefficient (Wildman–Crippen LogP) is 11.6. The topological polar surface area (TPSA) is 52.1 Å². The molecule has 0 atom stereocenters. The number of furan rings is 2. The van der Waals surface area contributed by atoms with Gasteiger partial charge in [0.1, 0.15) is 22.3 Å². The fraction of sp³-hybridized carbons (Fsp3) is 0. The van der Waals surface area contributed by atoms with Crippen LogP contribution in [0, 0.1) is 0 Å². The van der Waals surface area contributed by atoms with Gasteiger partial charge >= 0.3 is 0 Å². The number of thiophene rings is 1. The Labute approximate surface area is 260 Å². The molecule has 4 heterocycles. The number of aromatic nitrogens is 2. The molecule has 0 saturated heterocycles. The highest BCUT2D eigenvalue weighted by atomic mass is 32.1. The zero-order valence-electron chi connectivity index (χ0n) is 23.8. The molecule has 6 aromatic carbocycles. The van der Waals surface area contributed by atoms with Crippen molar-refractivity contribution in [2.75, 3.05) is 0 Å². The Morgan fingerprint density at radius 3 is 1.53 bits per heavy atom. The first-order chi connectivity index (χ1) is 22.2. The smallest absolute Gasteiger partial charge is 0.160 e. The predicted molar refractivity (Wildman–Crippen MR) is 186 cm³/mol. The van der Waals surface area contributed by atoms with Gasteiger partial charge in [0, 0.05) is 58.4 Å². The van der Waals surface area contributed by atoms with Crippen molar-refractivity contribution in [1.82, 2.24) is 9.97 Å². The van der Waals surface area contributed by atoms with Crippen LogP contribution in [0.3, 0.4) is 0 Å². The number of hydrogen-bond acceptors (Lipinski definition) is 5. The molecule has 0 unspecified atom stereocenters. The van der Waals surface area contributed by atoms with E-state index in [9.17, 15) is 0 Å². The van der Waals surface area contributed by atoms with Gasteiger partial charge in [-0.25, -0.2) is 9.97 Å². The van der Waals surface area contributed by atoms with E-state index in [2.05, 4.69) is 97.1 Å². The van der Waals surface area contributed by atoms with Crippen LogP contribution in [0.25, 0.3) is 98.0 Å². The molecule has 210 valence electrons. The molecule has 4 aromatic heterocycles. The van der Waals surface area contributed by atoms with Gasteiger partial charge in [-0.1, -0.05) is 66.7 Å². The summed E-state index contributed by atoms with van der Waals surface area (Å²) in [5.74, 6) is 0.675. The summed E-state index contributed by atoms with van der Waals surface area (Å²) in [5, 5.41) is 6.87. The van der Waals surface area contributed by atoms with E-state index in [1.807, 2.05) is 47.7 Å². The third-order valence-electron chi connectivity index (χ3n) is 8.71. The second kappa shape index (κ2) is 9.36. The molecular formula is C40H22N2O2S. The summed E-state index contributed by atoms with van der Waals surface area (Å²) in [6.45, 7) is 0. The van der Waals surface area contributed by atoms with Crippen molar-refractivity contribution < 1.29 is 8.83 Å². The molecule has 0 aliphatic carbocycles. The Hall–Kier alpha value is -5.78. The number of para-hydroxylation sites is 2. The molecule has 0 fully saturated rings. The van der Waals surface area contributed by atoms with Crippen molar-refractivity contribution in [3.05, 3.63) is 133 Å². The molecule has 0 aliphatic heterocycles. The lowest BCUT2D eigenvalue weighted by Crippen LogP contribution is -1.96. The maximum atomic E-state index is 6.25. The van der Waals surface area contributed by atoms with Gasteiger partial charge in [-0.15, -0.1) is 11.3 Å². The first kappa shape index (κ1) is 24.6. The van der Waals surface area contributed by atoms with Gasteiger partial charge in [0.25, 0.3) is 0 Å². The average molecular weight is 595 g/mol. The Morgan fingerprint density at radius 2 is 0.889 bits per heavy atom. The molecule has 4 nitrogen and oxygen atoms in total. The lowest BCUT2D eigenvalue weighted by Gasteiger charge is -2.10. The highest BCUT2D eigenvalue weighted by Gasteiger charge is 2.16. The highest BCUT2D eigenvalue weighted by molar-refractivity contribution is 7.25. The Balaban J connectivity index is 1.19. The van der Waals surface area contributed by atoms with Crippen molar-refractivity contribution in [2.45, 2.75) is 0 Å². The van der Waals surface area contributed by atoms with Crippen LogP contribution in [-0.2, 0) is 0 Å². The second-order valence-corrected chi connectivity index (χ2v) is 12.5. The average Bonchev–Trinajstić information content (AvgIpc) is 3.78. The van der Waals surface area contributed by atoms with Crippen LogP contribution in [0.5, 0.6) is 0 Å². The van der Waals surface area contributed by atoms with Crippen LogP contribution in [0.15, 0.2) is 142 Å². The number of fused-ring (bicyclic) bond motifs is 9. The number of rotatable bonds is 3. The van der Waals surface area contributed by atoms with Crippen LogP contribution in [-0.4, -0.2) is 9.97 Å². The third-order valence-corrected chi connectivity index (χ3v) is 9.86. The summed E-state index contributed by atoms with van der Waals surface area (Å²) in [4.78, 5) is 10.3. The minimum absolute atomic E-state index is 0.675. The van der Waals surface area contributed by atoms with Crippen molar-refractivity contribution in [3.8, 4) is 33.9 Å². The van der Waals surface area contributed by atoms with E-state index in [4.69, 9.17) is 18.8 Å². The molecule has 10 aromatic rings. The van der Waals surface area contributed by atoms with Crippen LogP contribution >= 0.6 is 11.3 Å². The fourth-order valence-corrected chi connectivity index (χ4v) is 7.59. The summed E-state index contributed by atoms with van der Waals surface area (Å²) >= 11 is 1.81. The largest absolute Gasteiger partial charge is 0.456 e. The number of nitrogens with zero attached hydrogens (tertiary/aromatic N) is 2. The maximum absolute atomic E-state index is 6.25. The Bertz CT molecular complexity index is 2650. The number of hydrogen-bond donors (Lipinski definition) is 0. The normalized spacial score (nSPS) is 12.0. The molecule has 0 bridgehead atoms. The van der Waals surface area contributed by atoms with E-state index in [0.717, 1.165) is 72.0 Å². The van der Waals surface area contributed by atoms with Crippen molar-refractivity contribution in [1.29, 1.82) is 0 Å². The summed E-state index contributed by atoms with van der Waals surface area (Å²) < 4.78 is 15.0. The quantitative estimate of drug-likeness (QED) is 0.204. The van der Waals surface area contributed by atoms with Gasteiger partial charge in [-0.05, 0) is 66.7 Å².